The van der Waals surface area contributed by atoms with Crippen LogP contribution in [0.15, 0.2) is 29.3 Å². The highest BCUT2D eigenvalue weighted by atomic mass is 16.5. The highest BCUT2D eigenvalue weighted by molar-refractivity contribution is 5.95. The summed E-state index contributed by atoms with van der Waals surface area (Å²) in [6.07, 6.45) is 6.16. The van der Waals surface area contributed by atoms with Gasteiger partial charge in [-0.2, -0.15) is 0 Å². The van der Waals surface area contributed by atoms with Crippen molar-refractivity contribution >= 4 is 11.6 Å². The van der Waals surface area contributed by atoms with E-state index in [4.69, 9.17) is 10.5 Å². The smallest absolute Gasteiger partial charge is 0.195 e. The first kappa shape index (κ1) is 13.7. The number of benzene rings is 1. The molecule has 1 aromatic carbocycles. The third-order valence-electron chi connectivity index (χ3n) is 3.68. The fraction of sp³-hybridized carbons (Fsp3) is 0.533. The van der Waals surface area contributed by atoms with Gasteiger partial charge in [-0.1, -0.05) is 31.4 Å². The minimum Gasteiger partial charge on any atom is -0.495 e. The van der Waals surface area contributed by atoms with E-state index in [0.717, 1.165) is 24.3 Å². The highest BCUT2D eigenvalue weighted by Gasteiger charge is 2.15. The van der Waals surface area contributed by atoms with Gasteiger partial charge in [0.25, 0.3) is 0 Å². The third kappa shape index (κ3) is 3.40. The average Bonchev–Trinajstić information content (AvgIpc) is 2.47. The lowest BCUT2D eigenvalue weighted by atomic mass is 9.96. The minimum atomic E-state index is 0.380. The Hall–Kier alpha value is -1.71. The highest BCUT2D eigenvalue weighted by Crippen LogP contribution is 2.27. The molecule has 0 saturated heterocycles. The van der Waals surface area contributed by atoms with E-state index in [-0.39, 0.29) is 0 Å². The Labute approximate surface area is 115 Å². The van der Waals surface area contributed by atoms with Crippen LogP contribution in [0.3, 0.4) is 0 Å². The fourth-order valence-corrected chi connectivity index (χ4v) is 2.51. The monoisotopic (exact) mass is 261 g/mol. The van der Waals surface area contributed by atoms with Gasteiger partial charge in [0, 0.05) is 7.05 Å². The van der Waals surface area contributed by atoms with E-state index in [1.165, 1.54) is 19.3 Å². The Kier molecular flexibility index (Phi) is 4.66. The number of methoxy groups -OCH3 is 1. The summed E-state index contributed by atoms with van der Waals surface area (Å²) < 4.78 is 5.35. The fourth-order valence-electron chi connectivity index (χ4n) is 2.51. The number of aliphatic imine (C=N–C) groups is 1. The largest absolute Gasteiger partial charge is 0.495 e. The lowest BCUT2D eigenvalue weighted by Crippen LogP contribution is -2.35. The molecule has 0 amide bonds. The Morgan fingerprint density at radius 1 is 1.26 bits per heavy atom. The van der Waals surface area contributed by atoms with Gasteiger partial charge in [0.2, 0.25) is 0 Å². The second-order valence-corrected chi connectivity index (χ2v) is 5.01. The molecule has 1 fully saturated rings. The molecule has 0 aromatic heterocycles. The molecule has 2 N–H and O–H groups in total. The van der Waals surface area contributed by atoms with Crippen molar-refractivity contribution in [3.63, 3.8) is 0 Å². The molecule has 0 atom stereocenters. The van der Waals surface area contributed by atoms with Gasteiger partial charge in [0.05, 0.1) is 18.8 Å². The van der Waals surface area contributed by atoms with E-state index in [2.05, 4.69) is 4.99 Å². The van der Waals surface area contributed by atoms with Gasteiger partial charge < -0.3 is 15.4 Å². The van der Waals surface area contributed by atoms with E-state index < -0.39 is 0 Å². The maximum Gasteiger partial charge on any atom is 0.195 e. The molecule has 0 aliphatic heterocycles. The van der Waals surface area contributed by atoms with Crippen molar-refractivity contribution in [1.29, 1.82) is 0 Å². The number of para-hydroxylation sites is 2. The molecule has 0 spiro atoms. The van der Waals surface area contributed by atoms with Crippen molar-refractivity contribution in [2.45, 2.75) is 38.1 Å². The van der Waals surface area contributed by atoms with Crippen molar-refractivity contribution in [2.24, 2.45) is 10.7 Å². The van der Waals surface area contributed by atoms with Crippen LogP contribution >= 0.6 is 0 Å². The normalized spacial score (nSPS) is 17.3. The molecule has 1 saturated carbocycles. The molecule has 19 heavy (non-hydrogen) atoms. The maximum atomic E-state index is 6.12. The van der Waals surface area contributed by atoms with Crippen LogP contribution in [-0.4, -0.2) is 26.2 Å². The van der Waals surface area contributed by atoms with E-state index in [1.54, 1.807) is 7.11 Å². The molecule has 0 unspecified atom stereocenters. The van der Waals surface area contributed by atoms with Crippen LogP contribution in [0.2, 0.25) is 0 Å². The van der Waals surface area contributed by atoms with Crippen molar-refractivity contribution in [3.8, 4) is 5.75 Å². The second-order valence-electron chi connectivity index (χ2n) is 5.01. The van der Waals surface area contributed by atoms with Gasteiger partial charge in [-0.05, 0) is 25.0 Å². The van der Waals surface area contributed by atoms with E-state index in [1.807, 2.05) is 36.2 Å². The molecule has 1 aliphatic rings. The predicted octanol–water partition coefficient (Wildman–Crippen LogP) is 2.78. The zero-order chi connectivity index (χ0) is 13.7. The minimum absolute atomic E-state index is 0.380. The number of nitrogens with two attached hydrogens (primary N) is 1. The Morgan fingerprint density at radius 3 is 2.63 bits per heavy atom. The van der Waals surface area contributed by atoms with Gasteiger partial charge in [0.15, 0.2) is 5.96 Å². The molecule has 4 nitrogen and oxygen atoms in total. The van der Waals surface area contributed by atoms with Gasteiger partial charge in [-0.15, -0.1) is 0 Å². The number of guanidine groups is 1. The first-order valence-electron chi connectivity index (χ1n) is 6.92. The summed E-state index contributed by atoms with van der Waals surface area (Å²) in [7, 11) is 3.60. The second kappa shape index (κ2) is 6.45. The molecule has 4 heteroatoms. The number of ether oxygens (including phenoxy) is 1. The summed E-state index contributed by atoms with van der Waals surface area (Å²) in [6.45, 7) is 0. The SMILES string of the molecule is COc1ccccc1N(C)C(N)=NC1CCCCC1. The number of nitrogens with zero attached hydrogens (tertiary/aromatic N) is 2. The van der Waals surface area contributed by atoms with Crippen molar-refractivity contribution in [1.82, 2.24) is 0 Å². The summed E-state index contributed by atoms with van der Waals surface area (Å²) in [5.74, 6) is 1.38. The number of anilines is 1. The van der Waals surface area contributed by atoms with Crippen LogP contribution in [0.25, 0.3) is 0 Å². The van der Waals surface area contributed by atoms with Gasteiger partial charge in [0.1, 0.15) is 5.75 Å². The van der Waals surface area contributed by atoms with Gasteiger partial charge in [-0.3, -0.25) is 0 Å². The molecular formula is C15H23N3O. The van der Waals surface area contributed by atoms with Gasteiger partial charge in [-0.25, -0.2) is 4.99 Å². The standard InChI is InChI=1S/C15H23N3O/c1-18(13-10-6-7-11-14(13)19-2)15(16)17-12-8-4-3-5-9-12/h6-7,10-12H,3-5,8-9H2,1-2H3,(H2,16,17). The average molecular weight is 261 g/mol. The maximum absolute atomic E-state index is 6.12. The van der Waals surface area contributed by atoms with E-state index in [0.29, 0.717) is 12.0 Å². The first-order valence-corrected chi connectivity index (χ1v) is 6.92. The van der Waals surface area contributed by atoms with E-state index >= 15 is 0 Å². The van der Waals surface area contributed by atoms with Gasteiger partial charge >= 0.3 is 0 Å². The van der Waals surface area contributed by atoms with Crippen LogP contribution in [0.1, 0.15) is 32.1 Å². The molecular weight excluding hydrogens is 238 g/mol. The molecule has 1 aromatic rings. The predicted molar refractivity (Wildman–Crippen MR) is 79.9 cm³/mol. The zero-order valence-corrected chi connectivity index (χ0v) is 11.8. The third-order valence-corrected chi connectivity index (χ3v) is 3.68. The summed E-state index contributed by atoms with van der Waals surface area (Å²) in [5, 5.41) is 0. The lowest BCUT2D eigenvalue weighted by molar-refractivity contribution is 0.415. The molecule has 2 rings (SSSR count). The molecule has 0 bridgehead atoms. The van der Waals surface area contributed by atoms with Crippen molar-refractivity contribution in [3.05, 3.63) is 24.3 Å². The molecule has 104 valence electrons. The van der Waals surface area contributed by atoms with Crippen molar-refractivity contribution < 1.29 is 4.74 Å². The summed E-state index contributed by atoms with van der Waals surface area (Å²) in [6, 6.07) is 8.22. The lowest BCUT2D eigenvalue weighted by Gasteiger charge is -2.24. The Bertz CT molecular complexity index is 439. The molecule has 0 heterocycles. The van der Waals surface area contributed by atoms with Crippen LogP contribution < -0.4 is 15.4 Å². The number of hydrogen-bond acceptors (Lipinski definition) is 2. The summed E-state index contributed by atoms with van der Waals surface area (Å²) in [4.78, 5) is 6.55. The topological polar surface area (TPSA) is 50.9 Å². The zero-order valence-electron chi connectivity index (χ0n) is 11.8. The summed E-state index contributed by atoms with van der Waals surface area (Å²) in [5.41, 5.74) is 7.07. The molecule has 1 aliphatic carbocycles. The molecule has 0 radical (unpaired) electrons. The van der Waals surface area contributed by atoms with Crippen LogP contribution in [0, 0.1) is 0 Å². The quantitative estimate of drug-likeness (QED) is 0.672. The Morgan fingerprint density at radius 2 is 1.95 bits per heavy atom. The number of hydrogen-bond donors (Lipinski definition) is 1. The number of rotatable bonds is 3. The Balaban J connectivity index is 2.13. The van der Waals surface area contributed by atoms with E-state index in [9.17, 15) is 0 Å². The summed E-state index contributed by atoms with van der Waals surface area (Å²) >= 11 is 0. The van der Waals surface area contributed by atoms with Crippen LogP contribution in [0.4, 0.5) is 5.69 Å². The van der Waals surface area contributed by atoms with Crippen molar-refractivity contribution in [2.75, 3.05) is 19.1 Å². The first-order chi connectivity index (χ1) is 9.22. The van der Waals surface area contributed by atoms with Crippen LogP contribution in [0.5, 0.6) is 5.75 Å². The van der Waals surface area contributed by atoms with Crippen LogP contribution in [-0.2, 0) is 0 Å².